The Bertz CT molecular complexity index is 419. The molecule has 0 bridgehead atoms. The van der Waals surface area contributed by atoms with Gasteiger partial charge in [-0.25, -0.2) is 4.39 Å². The van der Waals surface area contributed by atoms with E-state index < -0.39 is 22.6 Å². The highest BCUT2D eigenvalue weighted by atomic mass is 19.1. The van der Waals surface area contributed by atoms with E-state index in [1.165, 1.54) is 24.3 Å². The summed E-state index contributed by atoms with van der Waals surface area (Å²) < 4.78 is 17.5. The summed E-state index contributed by atoms with van der Waals surface area (Å²) in [5.41, 5.74) is 0.557. The van der Waals surface area contributed by atoms with E-state index in [-0.39, 0.29) is 19.6 Å². The van der Waals surface area contributed by atoms with E-state index in [1.54, 1.807) is 6.92 Å². The van der Waals surface area contributed by atoms with E-state index in [9.17, 15) is 19.3 Å². The number of benzene rings is 1. The number of nitro groups is 1. The largest absolute Gasteiger partial charge is 0.466 e. The Morgan fingerprint density at radius 2 is 2.06 bits per heavy atom. The minimum Gasteiger partial charge on any atom is -0.466 e. The molecule has 5 nitrogen and oxygen atoms in total. The van der Waals surface area contributed by atoms with Gasteiger partial charge in [0.25, 0.3) is 0 Å². The topological polar surface area (TPSA) is 69.4 Å². The zero-order valence-corrected chi connectivity index (χ0v) is 9.97. The molecule has 0 N–H and O–H groups in total. The number of esters is 1. The van der Waals surface area contributed by atoms with Crippen molar-refractivity contribution >= 4 is 5.97 Å². The van der Waals surface area contributed by atoms with Crippen LogP contribution < -0.4 is 0 Å². The zero-order chi connectivity index (χ0) is 13.5. The maximum Gasteiger partial charge on any atom is 0.306 e. The lowest BCUT2D eigenvalue weighted by molar-refractivity contribution is -0.483. The molecule has 0 aromatic heterocycles. The number of ether oxygens (including phenoxy) is 1. The quantitative estimate of drug-likeness (QED) is 0.443. The van der Waals surface area contributed by atoms with Crippen LogP contribution in [0.4, 0.5) is 4.39 Å². The summed E-state index contributed by atoms with van der Waals surface area (Å²) in [7, 11) is 0. The first kappa shape index (κ1) is 14.1. The first-order valence-electron chi connectivity index (χ1n) is 5.55. The molecular formula is C12H14FNO4. The van der Waals surface area contributed by atoms with Crippen LogP contribution in [0.25, 0.3) is 0 Å². The van der Waals surface area contributed by atoms with Gasteiger partial charge in [0.2, 0.25) is 6.54 Å². The number of carbonyl (C=O) groups is 1. The van der Waals surface area contributed by atoms with E-state index in [4.69, 9.17) is 4.74 Å². The van der Waals surface area contributed by atoms with Gasteiger partial charge in [-0.05, 0) is 24.6 Å². The molecule has 0 radical (unpaired) electrons. The third-order valence-electron chi connectivity index (χ3n) is 2.43. The number of carbonyl (C=O) groups excluding carboxylic acids is 1. The van der Waals surface area contributed by atoms with Crippen molar-refractivity contribution in [2.45, 2.75) is 19.3 Å². The molecule has 1 atom stereocenters. The van der Waals surface area contributed by atoms with Gasteiger partial charge in [0.05, 0.1) is 18.9 Å². The molecule has 1 rings (SSSR count). The summed E-state index contributed by atoms with van der Waals surface area (Å²) in [6.45, 7) is 1.51. The van der Waals surface area contributed by atoms with Crippen molar-refractivity contribution in [3.8, 4) is 0 Å². The maximum absolute atomic E-state index is 12.8. The van der Waals surface area contributed by atoms with Crippen LogP contribution in [0.3, 0.4) is 0 Å². The fraction of sp³-hybridized carbons (Fsp3) is 0.417. The summed E-state index contributed by atoms with van der Waals surface area (Å²) in [4.78, 5) is 21.4. The predicted octanol–water partition coefficient (Wildman–Crippen LogP) is 2.14. The van der Waals surface area contributed by atoms with Crippen LogP contribution in [0, 0.1) is 15.9 Å². The number of rotatable bonds is 6. The van der Waals surface area contributed by atoms with Crippen molar-refractivity contribution in [3.05, 3.63) is 45.8 Å². The Kier molecular flexibility index (Phi) is 5.23. The van der Waals surface area contributed by atoms with Crippen LogP contribution in [0.2, 0.25) is 0 Å². The van der Waals surface area contributed by atoms with Gasteiger partial charge in [0, 0.05) is 4.92 Å². The Balaban J connectivity index is 2.80. The number of halogens is 1. The standard InChI is InChI=1S/C12H14FNO4/c1-2-18-12(15)7-10(8-14(16)17)9-3-5-11(13)6-4-9/h3-6,10H,2,7-8H2,1H3/t10-/m1/s1. The monoisotopic (exact) mass is 255 g/mol. The van der Waals surface area contributed by atoms with Crippen molar-refractivity contribution in [1.29, 1.82) is 0 Å². The molecule has 1 aromatic carbocycles. The first-order chi connectivity index (χ1) is 8.52. The Labute approximate surface area is 104 Å². The molecular weight excluding hydrogens is 241 g/mol. The Morgan fingerprint density at radius 3 is 2.56 bits per heavy atom. The van der Waals surface area contributed by atoms with Crippen molar-refractivity contribution in [3.63, 3.8) is 0 Å². The van der Waals surface area contributed by atoms with Crippen molar-refractivity contribution in [2.75, 3.05) is 13.2 Å². The third kappa shape index (κ3) is 4.48. The summed E-state index contributed by atoms with van der Waals surface area (Å²) in [5.74, 6) is -1.51. The number of nitrogens with zero attached hydrogens (tertiary/aromatic N) is 1. The van der Waals surface area contributed by atoms with Gasteiger partial charge in [-0.2, -0.15) is 0 Å². The van der Waals surface area contributed by atoms with Crippen LogP contribution in [-0.2, 0) is 9.53 Å². The first-order valence-corrected chi connectivity index (χ1v) is 5.55. The third-order valence-corrected chi connectivity index (χ3v) is 2.43. The lowest BCUT2D eigenvalue weighted by atomic mass is 9.96. The minimum atomic E-state index is -0.598. The van der Waals surface area contributed by atoms with E-state index in [0.717, 1.165) is 0 Å². The molecule has 0 amide bonds. The average Bonchev–Trinajstić information content (AvgIpc) is 2.28. The van der Waals surface area contributed by atoms with Gasteiger partial charge in [0.15, 0.2) is 0 Å². The summed E-state index contributed by atoms with van der Waals surface area (Å²) >= 11 is 0. The van der Waals surface area contributed by atoms with E-state index in [1.807, 2.05) is 0 Å². The molecule has 0 fully saturated rings. The molecule has 18 heavy (non-hydrogen) atoms. The highest BCUT2D eigenvalue weighted by Gasteiger charge is 2.22. The lowest BCUT2D eigenvalue weighted by Crippen LogP contribution is -2.18. The molecule has 0 saturated carbocycles. The van der Waals surface area contributed by atoms with Gasteiger partial charge in [-0.3, -0.25) is 14.9 Å². The van der Waals surface area contributed by atoms with E-state index >= 15 is 0 Å². The zero-order valence-electron chi connectivity index (χ0n) is 9.97. The second-order valence-corrected chi connectivity index (χ2v) is 3.77. The Morgan fingerprint density at radius 1 is 1.44 bits per heavy atom. The highest BCUT2D eigenvalue weighted by molar-refractivity contribution is 5.70. The fourth-order valence-electron chi connectivity index (χ4n) is 1.62. The predicted molar refractivity (Wildman–Crippen MR) is 62.3 cm³/mol. The number of hydrogen-bond donors (Lipinski definition) is 0. The van der Waals surface area contributed by atoms with Crippen LogP contribution in [-0.4, -0.2) is 24.0 Å². The molecule has 98 valence electrons. The van der Waals surface area contributed by atoms with E-state index in [0.29, 0.717) is 5.56 Å². The fourth-order valence-corrected chi connectivity index (χ4v) is 1.62. The van der Waals surface area contributed by atoms with Crippen LogP contribution >= 0.6 is 0 Å². The molecule has 0 unspecified atom stereocenters. The van der Waals surface area contributed by atoms with Gasteiger partial charge >= 0.3 is 5.97 Å². The molecule has 0 aliphatic heterocycles. The van der Waals surface area contributed by atoms with Gasteiger partial charge in [0.1, 0.15) is 5.82 Å². The van der Waals surface area contributed by atoms with Crippen molar-refractivity contribution < 1.29 is 18.8 Å². The molecule has 6 heteroatoms. The molecule has 0 saturated heterocycles. The SMILES string of the molecule is CCOC(=O)C[C@H](C[N+](=O)[O-])c1ccc(F)cc1. The molecule has 0 aliphatic carbocycles. The normalized spacial score (nSPS) is 11.9. The lowest BCUT2D eigenvalue weighted by Gasteiger charge is -2.12. The molecule has 0 aliphatic rings. The van der Waals surface area contributed by atoms with Crippen molar-refractivity contribution in [1.82, 2.24) is 0 Å². The summed E-state index contributed by atoms with van der Waals surface area (Å²) in [6, 6.07) is 5.33. The van der Waals surface area contributed by atoms with Gasteiger partial charge < -0.3 is 4.74 Å². The molecule has 1 aromatic rings. The highest BCUT2D eigenvalue weighted by Crippen LogP contribution is 2.21. The van der Waals surface area contributed by atoms with Crippen LogP contribution in [0.15, 0.2) is 24.3 Å². The van der Waals surface area contributed by atoms with E-state index in [2.05, 4.69) is 0 Å². The summed E-state index contributed by atoms with van der Waals surface area (Å²) in [5, 5.41) is 10.6. The van der Waals surface area contributed by atoms with Crippen LogP contribution in [0.1, 0.15) is 24.8 Å². The van der Waals surface area contributed by atoms with Crippen LogP contribution in [0.5, 0.6) is 0 Å². The summed E-state index contributed by atoms with van der Waals surface area (Å²) in [6.07, 6.45) is -0.0829. The Hall–Kier alpha value is -1.98. The average molecular weight is 255 g/mol. The second-order valence-electron chi connectivity index (χ2n) is 3.77. The second kappa shape index (κ2) is 6.68. The van der Waals surface area contributed by atoms with Gasteiger partial charge in [-0.15, -0.1) is 0 Å². The minimum absolute atomic E-state index is 0.0829. The van der Waals surface area contributed by atoms with Crippen molar-refractivity contribution in [2.24, 2.45) is 0 Å². The smallest absolute Gasteiger partial charge is 0.306 e. The van der Waals surface area contributed by atoms with Gasteiger partial charge in [-0.1, -0.05) is 12.1 Å². The maximum atomic E-state index is 12.8. The molecule has 0 spiro atoms. The number of hydrogen-bond acceptors (Lipinski definition) is 4. The molecule has 0 heterocycles.